The summed E-state index contributed by atoms with van der Waals surface area (Å²) < 4.78 is 44.4. The van der Waals surface area contributed by atoms with Crippen LogP contribution in [-0.4, -0.2) is 28.1 Å². The van der Waals surface area contributed by atoms with Crippen molar-refractivity contribution in [3.8, 4) is 5.75 Å². The third-order valence-corrected chi connectivity index (χ3v) is 3.79. The molecule has 2 aromatic rings. The maximum atomic E-state index is 13.0. The molecule has 1 unspecified atom stereocenters. The smallest absolute Gasteiger partial charge is 0.423 e. The molecule has 0 radical (unpaired) electrons. The zero-order valence-corrected chi connectivity index (χ0v) is 14.9. The lowest BCUT2D eigenvalue weighted by Crippen LogP contribution is -2.45. The van der Waals surface area contributed by atoms with Crippen molar-refractivity contribution in [2.24, 2.45) is 0 Å². The molecular weight excluding hydrogens is 381 g/mol. The molecule has 2 N–H and O–H groups in total. The Morgan fingerprint density at radius 2 is 1.82 bits per heavy atom. The van der Waals surface area contributed by atoms with E-state index < -0.39 is 40.5 Å². The van der Waals surface area contributed by atoms with Crippen LogP contribution in [0.15, 0.2) is 42.5 Å². The first kappa shape index (κ1) is 21.2. The molecule has 0 aromatic heterocycles. The van der Waals surface area contributed by atoms with Crippen LogP contribution in [0.4, 0.5) is 24.5 Å². The van der Waals surface area contributed by atoms with Crippen LogP contribution in [0.5, 0.6) is 5.75 Å². The summed E-state index contributed by atoms with van der Waals surface area (Å²) in [6.07, 6.45) is -4.99. The van der Waals surface area contributed by atoms with E-state index in [1.807, 2.05) is 6.92 Å². The lowest BCUT2D eigenvalue weighted by Gasteiger charge is -2.23. The number of nitrogens with zero attached hydrogens (tertiary/aromatic N) is 1. The van der Waals surface area contributed by atoms with Crippen LogP contribution in [0.2, 0.25) is 0 Å². The van der Waals surface area contributed by atoms with Gasteiger partial charge < -0.3 is 15.2 Å². The van der Waals surface area contributed by atoms with Crippen LogP contribution >= 0.6 is 0 Å². The van der Waals surface area contributed by atoms with Crippen molar-refractivity contribution < 1.29 is 32.7 Å². The minimum atomic E-state index is -4.99. The number of aryl methyl sites for hydroxylation is 1. The average molecular weight is 398 g/mol. The van der Waals surface area contributed by atoms with E-state index in [4.69, 9.17) is 4.74 Å². The van der Waals surface area contributed by atoms with E-state index in [0.717, 1.165) is 18.6 Å². The molecule has 2 aromatic carbocycles. The Bertz CT molecular complexity index is 880. The molecule has 0 aliphatic rings. The summed E-state index contributed by atoms with van der Waals surface area (Å²) >= 11 is 0. The van der Waals surface area contributed by atoms with Crippen molar-refractivity contribution in [2.45, 2.75) is 25.6 Å². The summed E-state index contributed by atoms with van der Waals surface area (Å²) in [5.41, 5.74) is -4.08. The van der Waals surface area contributed by atoms with Crippen molar-refractivity contribution in [3.05, 3.63) is 63.7 Å². The number of alkyl halides is 3. The van der Waals surface area contributed by atoms with Crippen LogP contribution in [0.1, 0.15) is 18.1 Å². The first-order valence-corrected chi connectivity index (χ1v) is 7.99. The fraction of sp³-hybridized carbons (Fsp3) is 0.278. The Kier molecular flexibility index (Phi) is 5.93. The normalized spacial score (nSPS) is 13.5. The molecule has 0 bridgehead atoms. The van der Waals surface area contributed by atoms with Gasteiger partial charge in [-0.1, -0.05) is 17.7 Å². The van der Waals surface area contributed by atoms with Crippen LogP contribution in [0.3, 0.4) is 0 Å². The Hall–Kier alpha value is -3.14. The van der Waals surface area contributed by atoms with E-state index in [9.17, 15) is 33.2 Å². The van der Waals surface area contributed by atoms with Gasteiger partial charge in [-0.05, 0) is 38.1 Å². The number of nitro benzene ring substituents is 1. The molecule has 0 saturated heterocycles. The lowest BCUT2D eigenvalue weighted by atomic mass is 10.1. The van der Waals surface area contributed by atoms with E-state index in [1.165, 1.54) is 0 Å². The number of hydrogen-bond acceptors (Lipinski definition) is 5. The number of aliphatic hydroxyl groups is 1. The minimum absolute atomic E-state index is 0.349. The summed E-state index contributed by atoms with van der Waals surface area (Å²) in [5, 5.41) is 23.1. The van der Waals surface area contributed by atoms with Crippen LogP contribution in [0.25, 0.3) is 0 Å². The van der Waals surface area contributed by atoms with Crippen molar-refractivity contribution in [1.82, 2.24) is 0 Å². The summed E-state index contributed by atoms with van der Waals surface area (Å²) in [5.74, 6) is -0.630. The Balaban J connectivity index is 2.14. The van der Waals surface area contributed by atoms with Gasteiger partial charge in [0.1, 0.15) is 17.9 Å². The van der Waals surface area contributed by atoms with E-state index in [2.05, 4.69) is 5.32 Å². The predicted octanol–water partition coefficient (Wildman–Crippen LogP) is 3.69. The number of nitro groups is 1. The third kappa shape index (κ3) is 5.19. The number of hydrogen-bond donors (Lipinski definition) is 2. The zero-order valence-electron chi connectivity index (χ0n) is 14.9. The molecule has 0 spiro atoms. The van der Waals surface area contributed by atoms with Crippen molar-refractivity contribution in [3.63, 3.8) is 0 Å². The minimum Gasteiger partial charge on any atom is -0.490 e. The highest BCUT2D eigenvalue weighted by Gasteiger charge is 2.39. The van der Waals surface area contributed by atoms with Crippen molar-refractivity contribution in [1.29, 1.82) is 0 Å². The second kappa shape index (κ2) is 7.85. The zero-order chi connectivity index (χ0) is 21.1. The molecule has 2 rings (SSSR count). The van der Waals surface area contributed by atoms with E-state index in [-0.39, 0.29) is 5.69 Å². The van der Waals surface area contributed by atoms with Gasteiger partial charge in [0.05, 0.1) is 4.92 Å². The van der Waals surface area contributed by atoms with Crippen LogP contribution in [0, 0.1) is 17.0 Å². The van der Waals surface area contributed by atoms with Crippen molar-refractivity contribution >= 4 is 17.3 Å². The average Bonchev–Trinajstić information content (AvgIpc) is 2.60. The number of nitrogens with one attached hydrogen (secondary N) is 1. The molecule has 0 fully saturated rings. The number of carbonyl (C=O) groups is 1. The molecule has 0 heterocycles. The molecule has 0 saturated carbocycles. The van der Waals surface area contributed by atoms with Gasteiger partial charge in [0.25, 0.3) is 11.6 Å². The van der Waals surface area contributed by atoms with Gasteiger partial charge in [-0.2, -0.15) is 13.2 Å². The molecule has 7 nitrogen and oxygen atoms in total. The largest absolute Gasteiger partial charge is 0.490 e. The number of benzene rings is 2. The fourth-order valence-electron chi connectivity index (χ4n) is 2.19. The third-order valence-electron chi connectivity index (χ3n) is 3.79. The first-order chi connectivity index (χ1) is 12.9. The van der Waals surface area contributed by atoms with Gasteiger partial charge in [0.15, 0.2) is 5.60 Å². The number of amides is 1. The van der Waals surface area contributed by atoms with Crippen LogP contribution < -0.4 is 10.1 Å². The Labute approximate surface area is 157 Å². The van der Waals surface area contributed by atoms with E-state index in [0.29, 0.717) is 17.9 Å². The van der Waals surface area contributed by atoms with Gasteiger partial charge in [0.2, 0.25) is 0 Å². The molecule has 28 heavy (non-hydrogen) atoms. The van der Waals surface area contributed by atoms with Crippen LogP contribution in [-0.2, 0) is 11.0 Å². The standard InChI is InChI=1S/C18H17F3N2O5/c1-11-3-6-13(7-4-11)28-10-17(2,25)16(24)22-12-5-8-15(23(26)27)14(9-12)18(19,20)21/h3-9,25H,10H2,1-2H3,(H,22,24). The first-order valence-electron chi connectivity index (χ1n) is 7.99. The number of carbonyl (C=O) groups excluding carboxylic acids is 1. The van der Waals surface area contributed by atoms with Gasteiger partial charge in [0, 0.05) is 11.8 Å². The number of halogens is 3. The quantitative estimate of drug-likeness (QED) is 0.571. The summed E-state index contributed by atoms with van der Waals surface area (Å²) in [7, 11) is 0. The molecule has 0 aliphatic heterocycles. The predicted molar refractivity (Wildman–Crippen MR) is 94.0 cm³/mol. The monoisotopic (exact) mass is 398 g/mol. The van der Waals surface area contributed by atoms with Gasteiger partial charge in [-0.25, -0.2) is 0 Å². The summed E-state index contributed by atoms with van der Waals surface area (Å²) in [6, 6.07) is 8.81. The number of anilines is 1. The number of rotatable bonds is 6. The lowest BCUT2D eigenvalue weighted by molar-refractivity contribution is -0.388. The number of ether oxygens (including phenoxy) is 1. The SMILES string of the molecule is Cc1ccc(OCC(C)(O)C(=O)Nc2ccc([N+](=O)[O-])c(C(F)(F)F)c2)cc1. The fourth-order valence-corrected chi connectivity index (χ4v) is 2.19. The van der Waals surface area contributed by atoms with Gasteiger partial charge in [-0.15, -0.1) is 0 Å². The maximum Gasteiger partial charge on any atom is 0.423 e. The highest BCUT2D eigenvalue weighted by Crippen LogP contribution is 2.37. The Morgan fingerprint density at radius 1 is 1.21 bits per heavy atom. The maximum absolute atomic E-state index is 13.0. The highest BCUT2D eigenvalue weighted by molar-refractivity contribution is 5.97. The second-order valence-corrected chi connectivity index (χ2v) is 6.32. The highest BCUT2D eigenvalue weighted by atomic mass is 19.4. The second-order valence-electron chi connectivity index (χ2n) is 6.32. The Morgan fingerprint density at radius 3 is 2.36 bits per heavy atom. The molecule has 150 valence electrons. The van der Waals surface area contributed by atoms with E-state index >= 15 is 0 Å². The van der Waals surface area contributed by atoms with E-state index in [1.54, 1.807) is 24.3 Å². The van der Waals surface area contributed by atoms with Gasteiger partial charge in [-0.3, -0.25) is 14.9 Å². The molecule has 10 heteroatoms. The molecular formula is C18H17F3N2O5. The molecule has 0 aliphatic carbocycles. The van der Waals surface area contributed by atoms with Crippen molar-refractivity contribution in [2.75, 3.05) is 11.9 Å². The summed E-state index contributed by atoms with van der Waals surface area (Å²) in [6.45, 7) is 2.54. The summed E-state index contributed by atoms with van der Waals surface area (Å²) in [4.78, 5) is 21.8. The molecule has 1 amide bonds. The van der Waals surface area contributed by atoms with Gasteiger partial charge >= 0.3 is 6.18 Å². The topological polar surface area (TPSA) is 102 Å². The molecule has 1 atom stereocenters.